The predicted octanol–water partition coefficient (Wildman–Crippen LogP) is 4.32. The number of carbonyl (C=O) groups is 2. The number of aliphatic hydroxyl groups excluding tert-OH is 3. The van der Waals surface area contributed by atoms with Crippen LogP contribution in [0.1, 0.15) is 83.8 Å². The van der Waals surface area contributed by atoms with E-state index in [-0.39, 0.29) is 30.6 Å². The molecule has 1 aliphatic rings. The standard InChI is InChI=1S/C27H43NO6S/c1-16-8-7-9-20(14-29)10-11-22(17(2)12-21-15-35-19(4)28-21)34-24(31)13-23(30)27(5,6)26(33)18(3)25(16)32/h12,15-16,18,20,22-23,25,29-30,32H,7-11,13-14H2,1-6H3/b17-12+/t16-,18+,20?,22?,23-,25-/m0/s1. The first-order valence-corrected chi connectivity index (χ1v) is 13.6. The Balaban J connectivity index is 2.31. The average Bonchev–Trinajstić information content (AvgIpc) is 3.21. The minimum Gasteiger partial charge on any atom is -0.458 e. The number of rotatable bonds is 3. The van der Waals surface area contributed by atoms with Crippen LogP contribution in [0.15, 0.2) is 11.0 Å². The maximum absolute atomic E-state index is 13.2. The molecule has 0 amide bonds. The molecule has 1 aliphatic heterocycles. The van der Waals surface area contributed by atoms with E-state index in [0.717, 1.165) is 35.5 Å². The number of aromatic nitrogens is 1. The number of cyclic esters (lactones) is 1. The number of esters is 1. The van der Waals surface area contributed by atoms with E-state index in [1.165, 1.54) is 0 Å². The SMILES string of the molecule is C/C(=C\c1csc(C)n1)C1CCC(CO)CCC[C@H](C)[C@H](O)[C@@H](C)C(=O)C(C)(C)[C@@H](O)CC(=O)O1. The molecule has 6 atom stereocenters. The van der Waals surface area contributed by atoms with Crippen LogP contribution in [0.3, 0.4) is 0 Å². The summed E-state index contributed by atoms with van der Waals surface area (Å²) < 4.78 is 5.81. The van der Waals surface area contributed by atoms with Gasteiger partial charge in [-0.3, -0.25) is 9.59 Å². The topological polar surface area (TPSA) is 117 Å². The van der Waals surface area contributed by atoms with Gasteiger partial charge in [0.15, 0.2) is 0 Å². The number of nitrogens with zero attached hydrogens (tertiary/aromatic N) is 1. The van der Waals surface area contributed by atoms with Crippen LogP contribution in [-0.2, 0) is 14.3 Å². The molecule has 0 aromatic carbocycles. The van der Waals surface area contributed by atoms with E-state index >= 15 is 0 Å². The van der Waals surface area contributed by atoms with Crippen molar-refractivity contribution in [2.24, 2.45) is 23.2 Å². The number of carbonyl (C=O) groups excluding carboxylic acids is 2. The molecular formula is C27H43NO6S. The minimum atomic E-state index is -1.24. The molecule has 0 radical (unpaired) electrons. The Morgan fingerprint density at radius 2 is 1.89 bits per heavy atom. The van der Waals surface area contributed by atoms with E-state index in [4.69, 9.17) is 4.74 Å². The van der Waals surface area contributed by atoms with Crippen molar-refractivity contribution in [1.29, 1.82) is 0 Å². The molecule has 0 aliphatic carbocycles. The third kappa shape index (κ3) is 8.20. The molecule has 2 heterocycles. The van der Waals surface area contributed by atoms with Crippen LogP contribution in [0.4, 0.5) is 0 Å². The van der Waals surface area contributed by atoms with Gasteiger partial charge < -0.3 is 20.1 Å². The van der Waals surface area contributed by atoms with Crippen LogP contribution in [-0.4, -0.2) is 57.0 Å². The van der Waals surface area contributed by atoms with Crippen molar-refractivity contribution in [3.8, 4) is 0 Å². The summed E-state index contributed by atoms with van der Waals surface area (Å²) in [6, 6.07) is 0. The summed E-state index contributed by atoms with van der Waals surface area (Å²) >= 11 is 1.55. The zero-order chi connectivity index (χ0) is 26.3. The number of aryl methyl sites for hydroxylation is 1. The molecule has 3 N–H and O–H groups in total. The third-order valence-corrected chi connectivity index (χ3v) is 8.29. The number of thiazole rings is 1. The summed E-state index contributed by atoms with van der Waals surface area (Å²) in [6.07, 6.45) is 2.54. The van der Waals surface area contributed by atoms with Gasteiger partial charge in [0.25, 0.3) is 0 Å². The fourth-order valence-corrected chi connectivity index (χ4v) is 5.35. The summed E-state index contributed by atoms with van der Waals surface area (Å²) in [6.45, 7) is 10.7. The van der Waals surface area contributed by atoms with Gasteiger partial charge in [-0.05, 0) is 63.0 Å². The highest BCUT2D eigenvalue weighted by atomic mass is 32.1. The molecule has 2 unspecified atom stereocenters. The van der Waals surface area contributed by atoms with Gasteiger partial charge in [0, 0.05) is 17.9 Å². The minimum absolute atomic E-state index is 0.0352. The summed E-state index contributed by atoms with van der Waals surface area (Å²) in [7, 11) is 0. The van der Waals surface area contributed by atoms with Crippen molar-refractivity contribution < 1.29 is 29.6 Å². The van der Waals surface area contributed by atoms with Crippen molar-refractivity contribution in [3.63, 3.8) is 0 Å². The van der Waals surface area contributed by atoms with Crippen molar-refractivity contribution in [1.82, 2.24) is 4.98 Å². The Bertz CT molecular complexity index is 879. The summed E-state index contributed by atoms with van der Waals surface area (Å²) in [5.41, 5.74) is 0.438. The second kappa shape index (κ2) is 13.1. The molecule has 1 fully saturated rings. The molecular weight excluding hydrogens is 466 g/mol. The molecule has 1 saturated heterocycles. The van der Waals surface area contributed by atoms with Gasteiger partial charge in [0.1, 0.15) is 11.9 Å². The lowest BCUT2D eigenvalue weighted by Crippen LogP contribution is -2.45. The second-order valence-electron chi connectivity index (χ2n) is 10.8. The third-order valence-electron chi connectivity index (χ3n) is 7.50. The summed E-state index contributed by atoms with van der Waals surface area (Å²) in [5, 5.41) is 34.4. The number of ketones is 1. The highest BCUT2D eigenvalue weighted by Crippen LogP contribution is 2.33. The number of Topliss-reactive ketones (excluding diaryl/α,β-unsaturated/α-hetero) is 1. The van der Waals surface area contributed by atoms with E-state index in [0.29, 0.717) is 12.8 Å². The Morgan fingerprint density at radius 1 is 1.20 bits per heavy atom. The van der Waals surface area contributed by atoms with E-state index in [1.54, 1.807) is 32.1 Å². The van der Waals surface area contributed by atoms with Gasteiger partial charge in [0.2, 0.25) is 0 Å². The maximum Gasteiger partial charge on any atom is 0.309 e. The fraction of sp³-hybridized carbons (Fsp3) is 0.741. The quantitative estimate of drug-likeness (QED) is 0.520. The lowest BCUT2D eigenvalue weighted by Gasteiger charge is -2.34. The van der Waals surface area contributed by atoms with Gasteiger partial charge >= 0.3 is 5.97 Å². The van der Waals surface area contributed by atoms with Crippen LogP contribution >= 0.6 is 11.3 Å². The van der Waals surface area contributed by atoms with Crippen molar-refractivity contribution in [3.05, 3.63) is 21.7 Å². The second-order valence-corrected chi connectivity index (χ2v) is 11.8. The highest BCUT2D eigenvalue weighted by molar-refractivity contribution is 7.09. The zero-order valence-corrected chi connectivity index (χ0v) is 22.8. The van der Waals surface area contributed by atoms with E-state index < -0.39 is 35.6 Å². The first kappa shape index (κ1) is 29.6. The number of aliphatic hydroxyl groups is 3. The average molecular weight is 510 g/mol. The Labute approximate surface area is 213 Å². The van der Waals surface area contributed by atoms with E-state index in [9.17, 15) is 24.9 Å². The normalized spacial score (nSPS) is 32.3. The first-order chi connectivity index (χ1) is 16.4. The lowest BCUT2D eigenvalue weighted by molar-refractivity contribution is -0.154. The lowest BCUT2D eigenvalue weighted by atomic mass is 9.73. The molecule has 7 nitrogen and oxygen atoms in total. The Morgan fingerprint density at radius 3 is 2.49 bits per heavy atom. The molecule has 1 aromatic rings. The summed E-state index contributed by atoms with van der Waals surface area (Å²) in [5.74, 6) is -1.58. The van der Waals surface area contributed by atoms with Crippen molar-refractivity contribution >= 4 is 29.2 Å². The predicted molar refractivity (Wildman–Crippen MR) is 138 cm³/mol. The molecule has 0 saturated carbocycles. The summed E-state index contributed by atoms with van der Waals surface area (Å²) in [4.78, 5) is 30.5. The molecule has 35 heavy (non-hydrogen) atoms. The zero-order valence-electron chi connectivity index (χ0n) is 22.0. The highest BCUT2D eigenvalue weighted by Gasteiger charge is 2.42. The largest absolute Gasteiger partial charge is 0.458 e. The maximum atomic E-state index is 13.2. The smallest absolute Gasteiger partial charge is 0.309 e. The molecule has 1 aromatic heterocycles. The van der Waals surface area contributed by atoms with Gasteiger partial charge in [-0.15, -0.1) is 11.3 Å². The number of ether oxygens (including phenoxy) is 1. The monoisotopic (exact) mass is 509 g/mol. The van der Waals surface area contributed by atoms with Crippen LogP contribution in [0.2, 0.25) is 0 Å². The van der Waals surface area contributed by atoms with Crippen LogP contribution in [0, 0.1) is 30.1 Å². The molecule has 2 rings (SSSR count). The fourth-order valence-electron chi connectivity index (χ4n) is 4.78. The first-order valence-electron chi connectivity index (χ1n) is 12.7. The molecule has 0 spiro atoms. The van der Waals surface area contributed by atoms with Gasteiger partial charge in [-0.25, -0.2) is 4.98 Å². The van der Waals surface area contributed by atoms with Crippen LogP contribution in [0.5, 0.6) is 0 Å². The molecule has 8 heteroatoms. The molecule has 198 valence electrons. The van der Waals surface area contributed by atoms with Gasteiger partial charge in [-0.1, -0.05) is 34.1 Å². The Hall–Kier alpha value is -1.61. The van der Waals surface area contributed by atoms with Crippen LogP contribution < -0.4 is 0 Å². The van der Waals surface area contributed by atoms with E-state index in [1.807, 2.05) is 32.2 Å². The number of hydrogen-bond donors (Lipinski definition) is 3. The van der Waals surface area contributed by atoms with Gasteiger partial charge in [-0.2, -0.15) is 0 Å². The van der Waals surface area contributed by atoms with Gasteiger partial charge in [0.05, 0.1) is 34.7 Å². The Kier molecular flexibility index (Phi) is 11.1. The van der Waals surface area contributed by atoms with Crippen LogP contribution in [0.25, 0.3) is 6.08 Å². The van der Waals surface area contributed by atoms with Crippen molar-refractivity contribution in [2.75, 3.05) is 6.61 Å². The van der Waals surface area contributed by atoms with E-state index in [2.05, 4.69) is 4.98 Å². The van der Waals surface area contributed by atoms with Crippen molar-refractivity contribution in [2.45, 2.75) is 98.4 Å². The molecule has 0 bridgehead atoms. The number of hydrogen-bond acceptors (Lipinski definition) is 8.